The molecule has 2 atom stereocenters. The van der Waals surface area contributed by atoms with Gasteiger partial charge in [-0.05, 0) is 37.6 Å². The second kappa shape index (κ2) is 18.9. The van der Waals surface area contributed by atoms with Crippen molar-refractivity contribution in [2.45, 2.75) is 94.7 Å². The summed E-state index contributed by atoms with van der Waals surface area (Å²) in [6.07, 6.45) is 11.6. The van der Waals surface area contributed by atoms with E-state index in [1.165, 1.54) is 57.1 Å². The summed E-state index contributed by atoms with van der Waals surface area (Å²) in [7, 11) is 0. The SMILES string of the molecule is CCCCCCCCCCCCC(Cl)C(=O)Nc1ccccc1N(C(=O)OCC)C1=NN(c2c(Cl)cc(Cl)cc2Cl)C(=O)C1Br. The van der Waals surface area contributed by atoms with Gasteiger partial charge in [0.1, 0.15) is 11.1 Å². The van der Waals surface area contributed by atoms with Gasteiger partial charge in [0.2, 0.25) is 5.91 Å². The molecule has 2 aromatic carbocycles. The topological polar surface area (TPSA) is 91.3 Å². The Kier molecular flexibility index (Phi) is 15.8. The quantitative estimate of drug-likeness (QED) is 0.136. The Labute approximate surface area is 293 Å². The van der Waals surface area contributed by atoms with E-state index >= 15 is 0 Å². The van der Waals surface area contributed by atoms with Crippen LogP contribution < -0.4 is 15.2 Å². The highest BCUT2D eigenvalue weighted by molar-refractivity contribution is 9.10. The summed E-state index contributed by atoms with van der Waals surface area (Å²) >= 11 is 28.7. The van der Waals surface area contributed by atoms with E-state index in [4.69, 9.17) is 51.1 Å². The summed E-state index contributed by atoms with van der Waals surface area (Å²) < 4.78 is 5.33. The van der Waals surface area contributed by atoms with Crippen LogP contribution in [-0.4, -0.2) is 40.6 Å². The van der Waals surface area contributed by atoms with Gasteiger partial charge in [0.25, 0.3) is 5.91 Å². The molecule has 0 bridgehead atoms. The molecule has 1 heterocycles. The van der Waals surface area contributed by atoms with Gasteiger partial charge in [-0.2, -0.15) is 5.01 Å². The van der Waals surface area contributed by atoms with Gasteiger partial charge in [-0.3, -0.25) is 9.59 Å². The zero-order valence-electron chi connectivity index (χ0n) is 25.5. The highest BCUT2D eigenvalue weighted by Crippen LogP contribution is 2.40. The fourth-order valence-electron chi connectivity index (χ4n) is 4.91. The van der Waals surface area contributed by atoms with E-state index < -0.39 is 28.1 Å². The number of hydrazone groups is 1. The number of hydrogen-bond acceptors (Lipinski definition) is 5. The Balaban J connectivity index is 1.74. The molecule has 8 nitrogen and oxygen atoms in total. The molecular weight excluding hydrogens is 726 g/mol. The third kappa shape index (κ3) is 10.5. The minimum Gasteiger partial charge on any atom is -0.449 e. The molecular formula is C32H39BrCl4N4O4. The van der Waals surface area contributed by atoms with Crippen molar-refractivity contribution in [3.63, 3.8) is 0 Å². The number of benzene rings is 2. The summed E-state index contributed by atoms with van der Waals surface area (Å²) in [5.41, 5.74) is 0.632. The van der Waals surface area contributed by atoms with Gasteiger partial charge in [-0.15, -0.1) is 16.7 Å². The molecule has 13 heteroatoms. The summed E-state index contributed by atoms with van der Waals surface area (Å²) in [5, 5.41) is 7.98. The number of amides is 3. The van der Waals surface area contributed by atoms with E-state index in [0.29, 0.717) is 12.1 Å². The lowest BCUT2D eigenvalue weighted by atomic mass is 10.1. The molecule has 0 spiro atoms. The number of hydrogen-bond donors (Lipinski definition) is 1. The van der Waals surface area contributed by atoms with Crippen LogP contribution in [0.1, 0.15) is 84.5 Å². The predicted molar refractivity (Wildman–Crippen MR) is 190 cm³/mol. The van der Waals surface area contributed by atoms with Crippen LogP contribution in [-0.2, 0) is 14.3 Å². The van der Waals surface area contributed by atoms with Crippen LogP contribution in [0.15, 0.2) is 41.5 Å². The van der Waals surface area contributed by atoms with E-state index in [1.54, 1.807) is 31.2 Å². The van der Waals surface area contributed by atoms with Gasteiger partial charge in [0.15, 0.2) is 10.7 Å². The minimum absolute atomic E-state index is 0.0185. The number of unbranched alkanes of at least 4 members (excludes halogenated alkanes) is 9. The minimum atomic E-state index is -1.08. The first kappa shape index (κ1) is 37.4. The van der Waals surface area contributed by atoms with Crippen LogP contribution in [0.2, 0.25) is 15.1 Å². The van der Waals surface area contributed by atoms with E-state index in [9.17, 15) is 14.4 Å². The Hall–Kier alpha value is -2.04. The zero-order valence-corrected chi connectivity index (χ0v) is 30.1. The highest BCUT2D eigenvalue weighted by Gasteiger charge is 2.43. The number of rotatable bonds is 16. The number of carbonyl (C=O) groups is 3. The summed E-state index contributed by atoms with van der Waals surface area (Å²) in [5.74, 6) is -0.968. The molecule has 3 rings (SSSR count). The summed E-state index contributed by atoms with van der Waals surface area (Å²) in [4.78, 5) is 39.9. The van der Waals surface area contributed by atoms with E-state index in [0.717, 1.165) is 29.2 Å². The van der Waals surface area contributed by atoms with E-state index in [1.807, 2.05) is 0 Å². The van der Waals surface area contributed by atoms with Gasteiger partial charge >= 0.3 is 6.09 Å². The number of nitrogens with one attached hydrogen (secondary N) is 1. The fraction of sp³-hybridized carbons (Fsp3) is 0.500. The molecule has 2 unspecified atom stereocenters. The third-order valence-electron chi connectivity index (χ3n) is 7.23. The molecule has 0 saturated heterocycles. The molecule has 45 heavy (non-hydrogen) atoms. The number of ether oxygens (including phenoxy) is 1. The van der Waals surface area contributed by atoms with Crippen molar-refractivity contribution < 1.29 is 19.1 Å². The number of alkyl halides is 2. The van der Waals surface area contributed by atoms with Crippen LogP contribution in [0, 0.1) is 0 Å². The van der Waals surface area contributed by atoms with Crippen molar-refractivity contribution in [3.05, 3.63) is 51.5 Å². The maximum Gasteiger partial charge on any atom is 0.420 e. The zero-order chi connectivity index (χ0) is 32.9. The molecule has 1 N–H and O–H groups in total. The fourth-order valence-corrected chi connectivity index (χ4v) is 6.58. The van der Waals surface area contributed by atoms with Crippen LogP contribution in [0.5, 0.6) is 0 Å². The normalized spacial score (nSPS) is 15.2. The number of halogens is 5. The van der Waals surface area contributed by atoms with Gasteiger partial charge in [-0.1, -0.05) is 134 Å². The average Bonchev–Trinajstić information content (AvgIpc) is 3.27. The average molecular weight is 765 g/mol. The van der Waals surface area contributed by atoms with Crippen LogP contribution in [0.3, 0.4) is 0 Å². The molecule has 1 aliphatic heterocycles. The number of carbonyl (C=O) groups excluding carboxylic acids is 3. The first-order valence-electron chi connectivity index (χ1n) is 15.3. The van der Waals surface area contributed by atoms with Crippen molar-refractivity contribution in [1.29, 1.82) is 0 Å². The third-order valence-corrected chi connectivity index (χ3v) is 9.24. The largest absolute Gasteiger partial charge is 0.449 e. The molecule has 2 aromatic rings. The van der Waals surface area contributed by atoms with E-state index in [2.05, 4.69) is 33.3 Å². The van der Waals surface area contributed by atoms with E-state index in [-0.39, 0.29) is 38.9 Å². The standard InChI is InChI=1S/C32H39BrCl4N4O4/c1-3-5-6-7-8-9-10-11-12-13-16-22(35)30(42)38-25-17-14-15-18-26(25)40(32(44)45-4-2)29-27(33)31(43)41(39-29)28-23(36)19-21(34)20-24(28)37/h14-15,17-20,22,27H,3-13,16H2,1-2H3,(H,38,42). The first-order chi connectivity index (χ1) is 21.6. The number of amidine groups is 1. The second-order valence-corrected chi connectivity index (χ2v) is 13.4. The summed E-state index contributed by atoms with van der Waals surface area (Å²) in [6, 6.07) is 9.50. The number of nitrogens with zero attached hydrogens (tertiary/aromatic N) is 3. The molecule has 0 fully saturated rings. The van der Waals surface area contributed by atoms with Crippen molar-refractivity contribution in [1.82, 2.24) is 0 Å². The molecule has 0 saturated carbocycles. The Morgan fingerprint density at radius 2 is 1.56 bits per heavy atom. The van der Waals surface area contributed by atoms with Crippen LogP contribution >= 0.6 is 62.3 Å². The van der Waals surface area contributed by atoms with Gasteiger partial charge < -0.3 is 10.1 Å². The van der Waals surface area contributed by atoms with Gasteiger partial charge in [-0.25, -0.2) is 9.69 Å². The molecule has 3 amide bonds. The highest BCUT2D eigenvalue weighted by atomic mass is 79.9. The lowest BCUT2D eigenvalue weighted by Crippen LogP contribution is -2.42. The second-order valence-electron chi connectivity index (χ2n) is 10.7. The van der Waals surface area contributed by atoms with Crippen molar-refractivity contribution in [2.75, 3.05) is 21.8 Å². The Morgan fingerprint density at radius 3 is 2.16 bits per heavy atom. The number of para-hydroxylation sites is 2. The lowest BCUT2D eigenvalue weighted by Gasteiger charge is -2.25. The molecule has 0 radical (unpaired) electrons. The Bertz CT molecular complexity index is 1340. The molecule has 0 aliphatic carbocycles. The molecule has 1 aliphatic rings. The number of anilines is 3. The maximum absolute atomic E-state index is 13.4. The smallest absolute Gasteiger partial charge is 0.420 e. The van der Waals surface area contributed by atoms with Crippen molar-refractivity contribution in [2.24, 2.45) is 5.10 Å². The van der Waals surface area contributed by atoms with Gasteiger partial charge in [0, 0.05) is 5.02 Å². The first-order valence-corrected chi connectivity index (χ1v) is 17.8. The summed E-state index contributed by atoms with van der Waals surface area (Å²) in [6.45, 7) is 3.93. The Morgan fingerprint density at radius 1 is 0.978 bits per heavy atom. The predicted octanol–water partition coefficient (Wildman–Crippen LogP) is 10.6. The molecule has 0 aromatic heterocycles. The van der Waals surface area contributed by atoms with Gasteiger partial charge in [0.05, 0.1) is 28.0 Å². The van der Waals surface area contributed by atoms with Crippen molar-refractivity contribution in [3.8, 4) is 0 Å². The monoisotopic (exact) mass is 762 g/mol. The lowest BCUT2D eigenvalue weighted by molar-refractivity contribution is -0.117. The van der Waals surface area contributed by atoms with Crippen molar-refractivity contribution >= 4 is 103 Å². The van der Waals surface area contributed by atoms with Crippen LogP contribution in [0.25, 0.3) is 0 Å². The van der Waals surface area contributed by atoms with Crippen LogP contribution in [0.4, 0.5) is 21.9 Å². The maximum atomic E-state index is 13.4. The molecule has 246 valence electrons.